The normalized spacial score (nSPS) is 33.9. The maximum absolute atomic E-state index is 12.9. The number of carbonyl (C=O) groups is 1. The minimum Gasteiger partial charge on any atom is -0.297 e. The number of fused-ring (bicyclic) bond motifs is 3. The quantitative estimate of drug-likeness (QED) is 0.834. The molecule has 1 atom stereocenters. The molecule has 0 spiro atoms. The lowest BCUT2D eigenvalue weighted by atomic mass is 9.61. The van der Waals surface area contributed by atoms with E-state index < -0.39 is 0 Å². The van der Waals surface area contributed by atoms with Crippen LogP contribution in [0, 0.1) is 11.3 Å². The van der Waals surface area contributed by atoms with Crippen LogP contribution < -0.4 is 0 Å². The molecule has 0 radical (unpaired) electrons. The van der Waals surface area contributed by atoms with Gasteiger partial charge in [0.05, 0.1) is 6.04 Å². The van der Waals surface area contributed by atoms with Crippen molar-refractivity contribution >= 4 is 5.78 Å². The Kier molecular flexibility index (Phi) is 3.17. The van der Waals surface area contributed by atoms with Crippen LogP contribution in [-0.2, 0) is 11.2 Å². The molecule has 3 aliphatic heterocycles. The Hall–Kier alpha value is -1.22. The first-order valence-corrected chi connectivity index (χ1v) is 7.32. The van der Waals surface area contributed by atoms with Crippen molar-refractivity contribution in [2.45, 2.75) is 39.2 Å². The number of ketones is 1. The molecule has 3 heteroatoms. The van der Waals surface area contributed by atoms with Gasteiger partial charge in [-0.3, -0.25) is 14.7 Å². The molecule has 2 bridgehead atoms. The van der Waals surface area contributed by atoms with Crippen molar-refractivity contribution in [3.8, 4) is 0 Å². The predicted molar refractivity (Wildman–Crippen MR) is 74.8 cm³/mol. The number of hydrogen-bond donors (Lipinski definition) is 0. The molecule has 3 nitrogen and oxygen atoms in total. The molecule has 4 rings (SSSR count). The van der Waals surface area contributed by atoms with Gasteiger partial charge in [-0.15, -0.1) is 0 Å². The summed E-state index contributed by atoms with van der Waals surface area (Å²) in [4.78, 5) is 19.6. The number of hydrogen-bond acceptors (Lipinski definition) is 3. The zero-order valence-electron chi connectivity index (χ0n) is 11.8. The molecule has 0 saturated carbocycles. The van der Waals surface area contributed by atoms with E-state index in [1.54, 1.807) is 0 Å². The first-order chi connectivity index (χ1) is 9.13. The second kappa shape index (κ2) is 4.71. The Morgan fingerprint density at radius 2 is 2.11 bits per heavy atom. The second-order valence-electron chi connectivity index (χ2n) is 6.25. The molecule has 1 aromatic heterocycles. The molecule has 0 aromatic carbocycles. The van der Waals surface area contributed by atoms with Gasteiger partial charge in [0.15, 0.2) is 5.78 Å². The minimum atomic E-state index is -0.0613. The first kappa shape index (κ1) is 12.8. The van der Waals surface area contributed by atoms with Crippen LogP contribution in [0.4, 0.5) is 0 Å². The van der Waals surface area contributed by atoms with E-state index in [4.69, 9.17) is 0 Å². The zero-order valence-corrected chi connectivity index (χ0v) is 11.8. The Balaban J connectivity index is 1.85. The Bertz CT molecular complexity index is 461. The van der Waals surface area contributed by atoms with Crippen molar-refractivity contribution in [2.24, 2.45) is 11.3 Å². The van der Waals surface area contributed by atoms with Gasteiger partial charge < -0.3 is 0 Å². The lowest BCUT2D eigenvalue weighted by Gasteiger charge is -2.53. The van der Waals surface area contributed by atoms with Gasteiger partial charge in [-0.25, -0.2) is 0 Å². The van der Waals surface area contributed by atoms with E-state index >= 15 is 0 Å². The van der Waals surface area contributed by atoms with Crippen LogP contribution in [0.15, 0.2) is 24.4 Å². The van der Waals surface area contributed by atoms with Gasteiger partial charge in [-0.1, -0.05) is 19.9 Å². The van der Waals surface area contributed by atoms with Gasteiger partial charge in [-0.05, 0) is 44.0 Å². The fraction of sp³-hybridized carbons (Fsp3) is 0.625. The molecular formula is C16H22N2O. The van der Waals surface area contributed by atoms with E-state index in [-0.39, 0.29) is 11.5 Å². The second-order valence-corrected chi connectivity index (χ2v) is 6.25. The molecule has 0 N–H and O–H groups in total. The molecule has 1 unspecified atom stereocenters. The minimum absolute atomic E-state index is 0.0554. The molecule has 3 fully saturated rings. The summed E-state index contributed by atoms with van der Waals surface area (Å²) in [6.07, 6.45) is 4.67. The Labute approximate surface area is 115 Å². The zero-order chi connectivity index (χ0) is 13.5. The highest BCUT2D eigenvalue weighted by Gasteiger charge is 2.53. The van der Waals surface area contributed by atoms with Gasteiger partial charge in [0.1, 0.15) is 0 Å². The van der Waals surface area contributed by atoms with Crippen LogP contribution in [0.1, 0.15) is 32.4 Å². The number of aromatic nitrogens is 1. The van der Waals surface area contributed by atoms with E-state index in [0.717, 1.165) is 38.0 Å². The molecule has 0 amide bonds. The number of Topliss-reactive ketones (excluding diaryl/α,β-unsaturated/α-hetero) is 1. The lowest BCUT2D eigenvalue weighted by Crippen LogP contribution is -2.63. The Morgan fingerprint density at radius 1 is 1.37 bits per heavy atom. The maximum atomic E-state index is 12.9. The van der Waals surface area contributed by atoms with Crippen LogP contribution in [0.5, 0.6) is 0 Å². The van der Waals surface area contributed by atoms with Gasteiger partial charge in [0.2, 0.25) is 0 Å². The molecule has 3 saturated heterocycles. The van der Waals surface area contributed by atoms with E-state index in [0.29, 0.717) is 11.7 Å². The van der Waals surface area contributed by atoms with Crippen LogP contribution in [-0.4, -0.2) is 34.8 Å². The van der Waals surface area contributed by atoms with E-state index in [9.17, 15) is 4.79 Å². The summed E-state index contributed by atoms with van der Waals surface area (Å²) in [6, 6.07) is 6.01. The topological polar surface area (TPSA) is 33.2 Å². The lowest BCUT2D eigenvalue weighted by molar-refractivity contribution is -0.152. The molecule has 0 aliphatic carbocycles. The van der Waals surface area contributed by atoms with E-state index in [1.165, 1.54) is 0 Å². The first-order valence-electron chi connectivity index (χ1n) is 7.32. The van der Waals surface area contributed by atoms with E-state index in [2.05, 4.69) is 23.7 Å². The van der Waals surface area contributed by atoms with Crippen molar-refractivity contribution in [3.63, 3.8) is 0 Å². The SMILES string of the molecule is CC(C)C12CCN(CC1)C(Cc1ccccn1)C2=O. The highest BCUT2D eigenvalue weighted by atomic mass is 16.1. The van der Waals surface area contributed by atoms with Gasteiger partial charge in [0.25, 0.3) is 0 Å². The highest BCUT2D eigenvalue weighted by molar-refractivity contribution is 5.91. The summed E-state index contributed by atoms with van der Waals surface area (Å²) in [5.74, 6) is 0.916. The number of nitrogens with zero attached hydrogens (tertiary/aromatic N) is 2. The van der Waals surface area contributed by atoms with E-state index in [1.807, 2.05) is 24.4 Å². The molecular weight excluding hydrogens is 236 g/mol. The number of carbonyl (C=O) groups excluding carboxylic acids is 1. The van der Waals surface area contributed by atoms with Crippen molar-refractivity contribution in [1.29, 1.82) is 0 Å². The van der Waals surface area contributed by atoms with Crippen LogP contribution in [0.3, 0.4) is 0 Å². The molecule has 4 heterocycles. The van der Waals surface area contributed by atoms with Crippen LogP contribution in [0.25, 0.3) is 0 Å². The molecule has 3 aliphatic rings. The monoisotopic (exact) mass is 258 g/mol. The Morgan fingerprint density at radius 3 is 2.68 bits per heavy atom. The van der Waals surface area contributed by atoms with Crippen molar-refractivity contribution in [1.82, 2.24) is 9.88 Å². The fourth-order valence-electron chi connectivity index (χ4n) is 3.78. The largest absolute Gasteiger partial charge is 0.297 e. The van der Waals surface area contributed by atoms with Crippen molar-refractivity contribution in [2.75, 3.05) is 13.1 Å². The van der Waals surface area contributed by atoms with Crippen molar-refractivity contribution < 1.29 is 4.79 Å². The van der Waals surface area contributed by atoms with Gasteiger partial charge in [-0.2, -0.15) is 0 Å². The summed E-state index contributed by atoms with van der Waals surface area (Å²) in [5.41, 5.74) is 0.973. The summed E-state index contributed by atoms with van der Waals surface area (Å²) < 4.78 is 0. The number of pyridine rings is 1. The highest BCUT2D eigenvalue weighted by Crippen LogP contribution is 2.46. The summed E-state index contributed by atoms with van der Waals surface area (Å²) in [7, 11) is 0. The smallest absolute Gasteiger partial charge is 0.156 e. The molecule has 1 aromatic rings. The van der Waals surface area contributed by atoms with Gasteiger partial charge in [0, 0.05) is 23.7 Å². The van der Waals surface area contributed by atoms with Gasteiger partial charge >= 0.3 is 0 Å². The third-order valence-electron chi connectivity index (χ3n) is 5.16. The molecule has 19 heavy (non-hydrogen) atoms. The van der Waals surface area contributed by atoms with Crippen LogP contribution in [0.2, 0.25) is 0 Å². The van der Waals surface area contributed by atoms with Crippen LogP contribution >= 0.6 is 0 Å². The summed E-state index contributed by atoms with van der Waals surface area (Å²) in [6.45, 7) is 6.55. The average Bonchev–Trinajstić information content (AvgIpc) is 2.44. The average molecular weight is 258 g/mol. The third kappa shape index (κ3) is 2.00. The predicted octanol–water partition coefficient (Wildman–Crippen LogP) is 2.31. The van der Waals surface area contributed by atoms with Crippen molar-refractivity contribution in [3.05, 3.63) is 30.1 Å². The standard InChI is InChI=1S/C16H22N2O/c1-12(2)16-6-9-18(10-7-16)14(15(16)19)11-13-5-3-4-8-17-13/h3-5,8,12,14H,6-7,9-11H2,1-2H3. The number of piperidine rings is 3. The summed E-state index contributed by atoms with van der Waals surface area (Å²) >= 11 is 0. The fourth-order valence-corrected chi connectivity index (χ4v) is 3.78. The third-order valence-corrected chi connectivity index (χ3v) is 5.16. The summed E-state index contributed by atoms with van der Waals surface area (Å²) in [5, 5.41) is 0. The molecule has 102 valence electrons. The number of rotatable bonds is 3. The maximum Gasteiger partial charge on any atom is 0.156 e.